The molecular formula is C17H25BN2O5. The van der Waals surface area contributed by atoms with Crippen molar-refractivity contribution < 1.29 is 24.4 Å². The fourth-order valence-electron chi connectivity index (χ4n) is 1.83. The lowest BCUT2D eigenvalue weighted by molar-refractivity contribution is -0.114. The van der Waals surface area contributed by atoms with Crippen LogP contribution >= 0.6 is 0 Å². The number of benzene rings is 1. The van der Waals surface area contributed by atoms with Crippen LogP contribution in [0.3, 0.4) is 0 Å². The molecule has 2 amide bonds. The van der Waals surface area contributed by atoms with Gasteiger partial charge >= 0.3 is 7.12 Å². The highest BCUT2D eigenvalue weighted by Crippen LogP contribution is 2.26. The minimum absolute atomic E-state index is 0.245. The minimum Gasteiger partial charge on any atom is -0.423 e. The van der Waals surface area contributed by atoms with Gasteiger partial charge in [-0.2, -0.15) is 0 Å². The van der Waals surface area contributed by atoms with Crippen molar-refractivity contribution in [1.29, 1.82) is 0 Å². The van der Waals surface area contributed by atoms with Crippen LogP contribution in [0.2, 0.25) is 0 Å². The van der Waals surface area contributed by atoms with Crippen molar-refractivity contribution in [2.75, 3.05) is 10.6 Å². The molecule has 136 valence electrons. The summed E-state index contributed by atoms with van der Waals surface area (Å²) >= 11 is 0. The number of carbonyl (C=O) groups excluding carboxylic acids is 2. The van der Waals surface area contributed by atoms with E-state index in [1.165, 1.54) is 13.0 Å². The third-order valence-corrected chi connectivity index (χ3v) is 3.96. The molecule has 8 heteroatoms. The molecule has 0 bridgehead atoms. The molecular weight excluding hydrogens is 323 g/mol. The van der Waals surface area contributed by atoms with Crippen LogP contribution in [0, 0.1) is 0 Å². The summed E-state index contributed by atoms with van der Waals surface area (Å²) in [5.41, 5.74) is -1.33. The van der Waals surface area contributed by atoms with Gasteiger partial charge in [-0.25, -0.2) is 0 Å². The number of nitrogens with one attached hydrogen (secondary N) is 2. The fourth-order valence-corrected chi connectivity index (χ4v) is 1.83. The maximum Gasteiger partial charge on any atom is 0.493 e. The summed E-state index contributed by atoms with van der Waals surface area (Å²) in [7, 11) is -1.44. The van der Waals surface area contributed by atoms with Crippen LogP contribution in [0.5, 0.6) is 0 Å². The lowest BCUT2D eigenvalue weighted by atomic mass is 9.75. The molecule has 0 radical (unpaired) electrons. The summed E-state index contributed by atoms with van der Waals surface area (Å²) in [5, 5.41) is 25.9. The molecule has 0 heterocycles. The van der Waals surface area contributed by atoms with Crippen LogP contribution in [0.15, 0.2) is 30.9 Å². The zero-order chi connectivity index (χ0) is 19.4. The standard InChI is InChI=1S/C17H25BN2O5/c1-7-15(22)20-12-8-9-14(19-11(2)21)13(10-12)18(24)25-17(5,6)16(3,4)23/h7-10,23-24H,1H2,2-6H3,(H,19,21)(H,20,22). The van der Waals surface area contributed by atoms with E-state index in [1.807, 2.05) is 0 Å². The largest absolute Gasteiger partial charge is 0.493 e. The van der Waals surface area contributed by atoms with E-state index in [2.05, 4.69) is 17.2 Å². The summed E-state index contributed by atoms with van der Waals surface area (Å²) in [6.45, 7) is 11.1. The second-order valence-electron chi connectivity index (χ2n) is 6.72. The van der Waals surface area contributed by atoms with E-state index in [-0.39, 0.29) is 11.4 Å². The molecule has 0 saturated heterocycles. The predicted octanol–water partition coefficient (Wildman–Crippen LogP) is 1.02. The Labute approximate surface area is 148 Å². The molecule has 1 aromatic rings. The molecule has 1 rings (SSSR count). The molecule has 0 aliphatic heterocycles. The molecule has 0 aliphatic carbocycles. The monoisotopic (exact) mass is 348 g/mol. The summed E-state index contributed by atoms with van der Waals surface area (Å²) < 4.78 is 5.62. The predicted molar refractivity (Wildman–Crippen MR) is 98.6 cm³/mol. The van der Waals surface area contributed by atoms with Gasteiger partial charge in [-0.3, -0.25) is 9.59 Å². The highest BCUT2D eigenvalue weighted by Gasteiger charge is 2.40. The van der Waals surface area contributed by atoms with Gasteiger partial charge in [-0.05, 0) is 52.0 Å². The molecule has 4 N–H and O–H groups in total. The van der Waals surface area contributed by atoms with Crippen molar-refractivity contribution in [3.05, 3.63) is 30.9 Å². The van der Waals surface area contributed by atoms with Crippen LogP contribution in [-0.4, -0.2) is 40.3 Å². The number of rotatable bonds is 7. The van der Waals surface area contributed by atoms with E-state index in [0.717, 1.165) is 6.08 Å². The van der Waals surface area contributed by atoms with Crippen LogP contribution in [-0.2, 0) is 14.2 Å². The Bertz CT molecular complexity index is 667. The SMILES string of the molecule is C=CC(=O)Nc1ccc(NC(C)=O)c(B(O)OC(C)(C)C(C)(C)O)c1. The van der Waals surface area contributed by atoms with Gasteiger partial charge < -0.3 is 25.4 Å². The molecule has 0 atom stereocenters. The fraction of sp³-hybridized carbons (Fsp3) is 0.412. The van der Waals surface area contributed by atoms with Crippen molar-refractivity contribution in [3.63, 3.8) is 0 Å². The molecule has 0 aliphatic rings. The van der Waals surface area contributed by atoms with Gasteiger partial charge in [0, 0.05) is 23.8 Å². The van der Waals surface area contributed by atoms with Crippen molar-refractivity contribution in [2.45, 2.75) is 45.8 Å². The lowest BCUT2D eigenvalue weighted by Crippen LogP contribution is -2.53. The number of hydrogen-bond acceptors (Lipinski definition) is 5. The van der Waals surface area contributed by atoms with E-state index in [9.17, 15) is 19.7 Å². The third-order valence-electron chi connectivity index (χ3n) is 3.96. The summed E-state index contributed by atoms with van der Waals surface area (Å²) in [4.78, 5) is 22.8. The van der Waals surface area contributed by atoms with Gasteiger partial charge in [0.15, 0.2) is 0 Å². The van der Waals surface area contributed by atoms with Crippen molar-refractivity contribution in [3.8, 4) is 0 Å². The second-order valence-corrected chi connectivity index (χ2v) is 6.72. The Hall–Kier alpha value is -2.16. The normalized spacial score (nSPS) is 11.6. The topological polar surface area (TPSA) is 108 Å². The average Bonchev–Trinajstić information content (AvgIpc) is 2.46. The Balaban J connectivity index is 3.22. The molecule has 1 aromatic carbocycles. The molecule has 0 unspecified atom stereocenters. The van der Waals surface area contributed by atoms with E-state index in [0.29, 0.717) is 11.4 Å². The lowest BCUT2D eigenvalue weighted by Gasteiger charge is -2.38. The number of carbonyl (C=O) groups is 2. The van der Waals surface area contributed by atoms with Gasteiger partial charge in [0.25, 0.3) is 0 Å². The molecule has 0 aromatic heterocycles. The Morgan fingerprint density at radius 2 is 1.84 bits per heavy atom. The maximum absolute atomic E-state index is 11.5. The smallest absolute Gasteiger partial charge is 0.423 e. The first-order valence-corrected chi connectivity index (χ1v) is 7.80. The zero-order valence-corrected chi connectivity index (χ0v) is 15.2. The highest BCUT2D eigenvalue weighted by molar-refractivity contribution is 6.62. The van der Waals surface area contributed by atoms with E-state index < -0.39 is 24.2 Å². The molecule has 0 saturated carbocycles. The van der Waals surface area contributed by atoms with E-state index in [4.69, 9.17) is 4.65 Å². The highest BCUT2D eigenvalue weighted by atomic mass is 16.5. The van der Waals surface area contributed by atoms with E-state index in [1.54, 1.807) is 39.8 Å². The van der Waals surface area contributed by atoms with Gasteiger partial charge in [0.1, 0.15) is 0 Å². The van der Waals surface area contributed by atoms with E-state index >= 15 is 0 Å². The first-order valence-electron chi connectivity index (χ1n) is 7.80. The summed E-state index contributed by atoms with van der Waals surface area (Å²) in [6, 6.07) is 4.60. The first kappa shape index (κ1) is 20.9. The molecule has 0 fully saturated rings. The number of hydrogen-bond donors (Lipinski definition) is 4. The van der Waals surface area contributed by atoms with Gasteiger partial charge in [-0.1, -0.05) is 6.58 Å². The number of anilines is 2. The van der Waals surface area contributed by atoms with Crippen molar-refractivity contribution >= 4 is 35.8 Å². The van der Waals surface area contributed by atoms with Gasteiger partial charge in [0.2, 0.25) is 11.8 Å². The van der Waals surface area contributed by atoms with Crippen LogP contribution in [0.4, 0.5) is 11.4 Å². The Morgan fingerprint density at radius 1 is 1.24 bits per heavy atom. The van der Waals surface area contributed by atoms with Gasteiger partial charge in [0.05, 0.1) is 11.2 Å². The number of amides is 2. The van der Waals surface area contributed by atoms with Crippen molar-refractivity contribution in [2.24, 2.45) is 0 Å². The maximum atomic E-state index is 11.5. The zero-order valence-electron chi connectivity index (χ0n) is 15.2. The first-order chi connectivity index (χ1) is 11.4. The summed E-state index contributed by atoms with van der Waals surface area (Å²) in [5.74, 6) is -0.733. The van der Waals surface area contributed by atoms with Crippen LogP contribution in [0.25, 0.3) is 0 Å². The molecule has 0 spiro atoms. The molecule has 25 heavy (non-hydrogen) atoms. The summed E-state index contributed by atoms with van der Waals surface area (Å²) in [6.07, 6.45) is 1.12. The van der Waals surface area contributed by atoms with Crippen LogP contribution in [0.1, 0.15) is 34.6 Å². The Morgan fingerprint density at radius 3 is 2.32 bits per heavy atom. The van der Waals surface area contributed by atoms with Crippen molar-refractivity contribution in [1.82, 2.24) is 0 Å². The quantitative estimate of drug-likeness (QED) is 0.435. The Kier molecular flexibility index (Phi) is 6.53. The van der Waals surface area contributed by atoms with Gasteiger partial charge in [-0.15, -0.1) is 0 Å². The second kappa shape index (κ2) is 7.82. The third kappa shape index (κ3) is 5.70. The average molecular weight is 348 g/mol. The minimum atomic E-state index is -1.44. The number of aliphatic hydroxyl groups is 1. The molecule has 7 nitrogen and oxygen atoms in total. The van der Waals surface area contributed by atoms with Crippen LogP contribution < -0.4 is 16.1 Å².